The van der Waals surface area contributed by atoms with Crippen LogP contribution >= 0.6 is 12.2 Å². The molecule has 0 amide bonds. The Morgan fingerprint density at radius 1 is 1.44 bits per heavy atom. The molecule has 0 spiro atoms. The molecule has 1 aromatic rings. The van der Waals surface area contributed by atoms with Crippen LogP contribution in [0.25, 0.3) is 0 Å². The maximum atomic E-state index is 12.0. The van der Waals surface area contributed by atoms with E-state index in [9.17, 15) is 13.2 Å². The van der Waals surface area contributed by atoms with E-state index in [4.69, 9.17) is 12.2 Å². The van der Waals surface area contributed by atoms with Gasteiger partial charge in [-0.2, -0.15) is 13.2 Å². The second kappa shape index (κ2) is 5.03. The van der Waals surface area contributed by atoms with Gasteiger partial charge in [0.15, 0.2) is 4.77 Å². The van der Waals surface area contributed by atoms with Crippen molar-refractivity contribution in [2.45, 2.75) is 45.3 Å². The summed E-state index contributed by atoms with van der Waals surface area (Å²) in [6.45, 7) is 4.28. The van der Waals surface area contributed by atoms with Gasteiger partial charge in [-0.25, -0.2) is 0 Å². The van der Waals surface area contributed by atoms with Crippen LogP contribution in [0.4, 0.5) is 13.2 Å². The molecule has 0 unspecified atom stereocenters. The largest absolute Gasteiger partial charge is 0.389 e. The lowest BCUT2D eigenvalue weighted by atomic mass is 10.1. The van der Waals surface area contributed by atoms with Gasteiger partial charge in [0, 0.05) is 24.9 Å². The number of alkyl halides is 3. The van der Waals surface area contributed by atoms with Gasteiger partial charge in [-0.3, -0.25) is 0 Å². The smallest absolute Gasteiger partial charge is 0.337 e. The lowest BCUT2D eigenvalue weighted by Gasteiger charge is -2.11. The summed E-state index contributed by atoms with van der Waals surface area (Å²) in [4.78, 5) is 2.86. The molecule has 0 aliphatic heterocycles. The first kappa shape index (κ1) is 13.3. The highest BCUT2D eigenvalue weighted by atomic mass is 32.1. The van der Waals surface area contributed by atoms with E-state index in [1.165, 1.54) is 0 Å². The molecule has 0 saturated carbocycles. The Morgan fingerprint density at radius 3 is 2.56 bits per heavy atom. The minimum atomic E-state index is -4.09. The summed E-state index contributed by atoms with van der Waals surface area (Å²) < 4.78 is 38.2. The third-order valence-electron chi connectivity index (χ3n) is 2.33. The number of H-pyrrole nitrogens is 1. The fraction of sp³-hybridized carbons (Fsp3) is 0.700. The maximum Gasteiger partial charge on any atom is 0.389 e. The molecule has 0 fully saturated rings. The summed E-state index contributed by atoms with van der Waals surface area (Å²) in [5.41, 5.74) is 0.951. The highest BCUT2D eigenvalue weighted by Crippen LogP contribution is 2.22. The van der Waals surface area contributed by atoms with Crippen LogP contribution in [0.3, 0.4) is 0 Å². The van der Waals surface area contributed by atoms with E-state index >= 15 is 0 Å². The molecule has 1 aromatic heterocycles. The van der Waals surface area contributed by atoms with E-state index < -0.39 is 12.6 Å². The van der Waals surface area contributed by atoms with Crippen LogP contribution in [-0.2, 0) is 6.54 Å². The highest BCUT2D eigenvalue weighted by Gasteiger charge is 2.26. The predicted octanol–water partition coefficient (Wildman–Crippen LogP) is 4.01. The molecule has 16 heavy (non-hydrogen) atoms. The number of nitrogens with zero attached hydrogens (tertiary/aromatic N) is 1. The monoisotopic (exact) mass is 252 g/mol. The summed E-state index contributed by atoms with van der Waals surface area (Å²) in [5.74, 6) is 0.249. The summed E-state index contributed by atoms with van der Waals surface area (Å²) in [6.07, 6.45) is -3.02. The third kappa shape index (κ3) is 3.66. The number of nitrogens with one attached hydrogen (secondary N) is 1. The number of halogens is 3. The van der Waals surface area contributed by atoms with E-state index in [0.29, 0.717) is 11.3 Å². The van der Waals surface area contributed by atoms with Crippen LogP contribution in [0.2, 0.25) is 0 Å². The van der Waals surface area contributed by atoms with Gasteiger partial charge in [0.05, 0.1) is 0 Å². The van der Waals surface area contributed by atoms with Gasteiger partial charge in [-0.05, 0) is 24.6 Å². The normalized spacial score (nSPS) is 12.4. The molecule has 1 N–H and O–H groups in total. The molecule has 1 heterocycles. The Morgan fingerprint density at radius 2 is 2.06 bits per heavy atom. The Hall–Kier alpha value is -0.780. The zero-order valence-electron chi connectivity index (χ0n) is 9.27. The second-order valence-corrected chi connectivity index (χ2v) is 4.43. The molecule has 0 aliphatic rings. The molecule has 6 heteroatoms. The van der Waals surface area contributed by atoms with Crippen LogP contribution in [0.15, 0.2) is 6.20 Å². The van der Waals surface area contributed by atoms with Crippen molar-refractivity contribution >= 4 is 12.2 Å². The molecule has 1 rings (SSSR count). The fourth-order valence-electron chi connectivity index (χ4n) is 1.56. The Balaban J connectivity index is 2.67. The van der Waals surface area contributed by atoms with Crippen LogP contribution in [0.1, 0.15) is 38.3 Å². The Kier molecular flexibility index (Phi) is 4.18. The zero-order valence-corrected chi connectivity index (χ0v) is 10.1. The molecule has 92 valence electrons. The molecule has 2 nitrogen and oxygen atoms in total. The first-order valence-corrected chi connectivity index (χ1v) is 5.57. The molecule has 0 radical (unpaired) electrons. The summed E-state index contributed by atoms with van der Waals surface area (Å²) in [6, 6.07) is 0. The summed E-state index contributed by atoms with van der Waals surface area (Å²) >= 11 is 5.03. The van der Waals surface area contributed by atoms with Gasteiger partial charge in [-0.15, -0.1) is 0 Å². The summed E-state index contributed by atoms with van der Waals surface area (Å²) in [5, 5.41) is 0. The molecule has 0 aromatic carbocycles. The molecule has 0 saturated heterocycles. The van der Waals surface area contributed by atoms with Gasteiger partial charge >= 0.3 is 6.18 Å². The van der Waals surface area contributed by atoms with Crippen molar-refractivity contribution < 1.29 is 13.2 Å². The van der Waals surface area contributed by atoms with E-state index in [1.54, 1.807) is 10.8 Å². The second-order valence-electron chi connectivity index (χ2n) is 4.04. The molecular formula is C10H15F3N2S. The Bertz CT molecular complexity index is 390. The third-order valence-corrected chi connectivity index (χ3v) is 2.67. The van der Waals surface area contributed by atoms with Crippen LogP contribution in [-0.4, -0.2) is 15.7 Å². The standard InChI is InChI=1S/C10H15F3N2S/c1-7(2)8-6-14-9(16)15(8)5-3-4-10(11,12)13/h6-7H,3-5H2,1-2H3,(H,14,16). The lowest BCUT2D eigenvalue weighted by Crippen LogP contribution is -2.11. The number of aromatic amines is 1. The molecule has 0 aliphatic carbocycles. The zero-order chi connectivity index (χ0) is 12.3. The fourth-order valence-corrected chi connectivity index (χ4v) is 1.81. The van der Waals surface area contributed by atoms with Gasteiger partial charge in [0.25, 0.3) is 0 Å². The quantitative estimate of drug-likeness (QED) is 0.803. The number of aromatic nitrogens is 2. The number of hydrogen-bond acceptors (Lipinski definition) is 1. The maximum absolute atomic E-state index is 12.0. The lowest BCUT2D eigenvalue weighted by molar-refractivity contribution is -0.135. The van der Waals surface area contributed by atoms with Crippen LogP contribution < -0.4 is 0 Å². The van der Waals surface area contributed by atoms with E-state index in [2.05, 4.69) is 4.98 Å². The molecular weight excluding hydrogens is 237 g/mol. The van der Waals surface area contributed by atoms with Crippen molar-refractivity contribution in [2.75, 3.05) is 0 Å². The summed E-state index contributed by atoms with van der Waals surface area (Å²) in [7, 11) is 0. The van der Waals surface area contributed by atoms with Gasteiger partial charge < -0.3 is 9.55 Å². The van der Waals surface area contributed by atoms with Gasteiger partial charge in [-0.1, -0.05) is 13.8 Å². The first-order valence-electron chi connectivity index (χ1n) is 5.16. The number of imidazole rings is 1. The minimum Gasteiger partial charge on any atom is -0.337 e. The minimum absolute atomic E-state index is 0.0649. The van der Waals surface area contributed by atoms with Crippen molar-refractivity contribution in [2.24, 2.45) is 0 Å². The van der Waals surface area contributed by atoms with E-state index in [0.717, 1.165) is 5.69 Å². The molecule has 0 bridgehead atoms. The van der Waals surface area contributed by atoms with Crippen molar-refractivity contribution in [1.29, 1.82) is 0 Å². The number of hydrogen-bond donors (Lipinski definition) is 1. The number of rotatable bonds is 4. The first-order chi connectivity index (χ1) is 7.31. The van der Waals surface area contributed by atoms with Gasteiger partial charge in [0.2, 0.25) is 0 Å². The average Bonchev–Trinajstić information content (AvgIpc) is 2.46. The van der Waals surface area contributed by atoms with E-state index in [1.807, 2.05) is 13.8 Å². The average molecular weight is 252 g/mol. The van der Waals surface area contributed by atoms with Crippen molar-refractivity contribution in [3.8, 4) is 0 Å². The van der Waals surface area contributed by atoms with Crippen LogP contribution in [0.5, 0.6) is 0 Å². The van der Waals surface area contributed by atoms with Crippen molar-refractivity contribution in [1.82, 2.24) is 9.55 Å². The van der Waals surface area contributed by atoms with Crippen LogP contribution in [0, 0.1) is 4.77 Å². The Labute approximate surface area is 97.5 Å². The van der Waals surface area contributed by atoms with Crippen molar-refractivity contribution in [3.05, 3.63) is 16.7 Å². The predicted molar refractivity (Wildman–Crippen MR) is 59.0 cm³/mol. The molecule has 0 atom stereocenters. The highest BCUT2D eigenvalue weighted by molar-refractivity contribution is 7.71. The SMILES string of the molecule is CC(C)c1c[nH]c(=S)n1CCCC(F)(F)F. The topological polar surface area (TPSA) is 20.7 Å². The van der Waals surface area contributed by atoms with E-state index in [-0.39, 0.29) is 12.3 Å². The van der Waals surface area contributed by atoms with Gasteiger partial charge in [0.1, 0.15) is 0 Å². The van der Waals surface area contributed by atoms with Crippen molar-refractivity contribution in [3.63, 3.8) is 0 Å².